The molecule has 4 heteroatoms. The Bertz CT molecular complexity index is 754. The number of nitrogens with one attached hydrogen (secondary N) is 1. The molecule has 3 N–H and O–H groups in total. The SMILES string of the molecule is NCc1ccc(-c2ccc3[nH]ncc3c2C2CC2)nc1. The van der Waals surface area contributed by atoms with Crippen LogP contribution in [0.15, 0.2) is 36.7 Å². The number of hydrogen-bond donors (Lipinski definition) is 2. The minimum absolute atomic E-state index is 0.531. The maximum absolute atomic E-state index is 5.63. The lowest BCUT2D eigenvalue weighted by molar-refractivity contribution is 1.05. The van der Waals surface area contributed by atoms with E-state index in [0.717, 1.165) is 16.8 Å². The third kappa shape index (κ3) is 1.80. The van der Waals surface area contributed by atoms with Crippen LogP contribution < -0.4 is 5.73 Å². The molecule has 1 aromatic carbocycles. The fourth-order valence-electron chi connectivity index (χ4n) is 2.78. The first-order valence-electron chi connectivity index (χ1n) is 6.98. The van der Waals surface area contributed by atoms with Crippen LogP contribution in [0.3, 0.4) is 0 Å². The Kier molecular flexibility index (Phi) is 2.57. The Balaban J connectivity index is 1.91. The average molecular weight is 264 g/mol. The van der Waals surface area contributed by atoms with E-state index in [-0.39, 0.29) is 0 Å². The Labute approximate surface area is 117 Å². The maximum Gasteiger partial charge on any atom is 0.0705 e. The van der Waals surface area contributed by atoms with E-state index >= 15 is 0 Å². The van der Waals surface area contributed by atoms with Gasteiger partial charge < -0.3 is 5.73 Å². The van der Waals surface area contributed by atoms with Crippen LogP contribution in [0.1, 0.15) is 29.9 Å². The molecule has 3 aromatic rings. The second-order valence-corrected chi connectivity index (χ2v) is 5.39. The lowest BCUT2D eigenvalue weighted by Crippen LogP contribution is -1.97. The van der Waals surface area contributed by atoms with E-state index in [2.05, 4.69) is 39.4 Å². The van der Waals surface area contributed by atoms with Crippen molar-refractivity contribution < 1.29 is 0 Å². The van der Waals surface area contributed by atoms with Crippen LogP contribution in [0.2, 0.25) is 0 Å². The zero-order valence-corrected chi connectivity index (χ0v) is 11.1. The van der Waals surface area contributed by atoms with Gasteiger partial charge in [-0.2, -0.15) is 5.10 Å². The summed E-state index contributed by atoms with van der Waals surface area (Å²) < 4.78 is 0. The van der Waals surface area contributed by atoms with Crippen LogP contribution >= 0.6 is 0 Å². The predicted molar refractivity (Wildman–Crippen MR) is 79.2 cm³/mol. The molecule has 1 fully saturated rings. The highest BCUT2D eigenvalue weighted by molar-refractivity contribution is 5.89. The van der Waals surface area contributed by atoms with Gasteiger partial charge in [0.05, 0.1) is 17.4 Å². The third-order valence-electron chi connectivity index (χ3n) is 3.99. The fourth-order valence-corrected chi connectivity index (χ4v) is 2.78. The van der Waals surface area contributed by atoms with Crippen molar-refractivity contribution >= 4 is 10.9 Å². The van der Waals surface area contributed by atoms with E-state index in [0.29, 0.717) is 12.5 Å². The zero-order chi connectivity index (χ0) is 13.5. The molecule has 0 unspecified atom stereocenters. The normalized spacial score (nSPS) is 14.8. The first kappa shape index (κ1) is 11.6. The highest BCUT2D eigenvalue weighted by atomic mass is 15.1. The average Bonchev–Trinajstić information content (AvgIpc) is 3.23. The summed E-state index contributed by atoms with van der Waals surface area (Å²) in [6.45, 7) is 0.531. The van der Waals surface area contributed by atoms with Crippen molar-refractivity contribution in [2.24, 2.45) is 5.73 Å². The van der Waals surface area contributed by atoms with Crippen molar-refractivity contribution in [3.8, 4) is 11.3 Å². The van der Waals surface area contributed by atoms with E-state index in [1.807, 2.05) is 12.4 Å². The summed E-state index contributed by atoms with van der Waals surface area (Å²) in [6, 6.07) is 8.36. The molecule has 0 spiro atoms. The first-order valence-corrected chi connectivity index (χ1v) is 6.98. The third-order valence-corrected chi connectivity index (χ3v) is 3.99. The number of fused-ring (bicyclic) bond motifs is 1. The van der Waals surface area contributed by atoms with E-state index in [9.17, 15) is 0 Å². The molecule has 2 heterocycles. The van der Waals surface area contributed by atoms with Crippen molar-refractivity contribution in [2.75, 3.05) is 0 Å². The molecule has 0 saturated heterocycles. The van der Waals surface area contributed by atoms with Crippen LogP contribution in [0.4, 0.5) is 0 Å². The Morgan fingerprint density at radius 2 is 2.05 bits per heavy atom. The van der Waals surface area contributed by atoms with Crippen LogP contribution in [-0.2, 0) is 6.54 Å². The van der Waals surface area contributed by atoms with Crippen molar-refractivity contribution in [3.63, 3.8) is 0 Å². The van der Waals surface area contributed by atoms with Crippen molar-refractivity contribution in [1.29, 1.82) is 0 Å². The van der Waals surface area contributed by atoms with Crippen molar-refractivity contribution in [3.05, 3.63) is 47.8 Å². The molecule has 0 atom stereocenters. The summed E-state index contributed by atoms with van der Waals surface area (Å²) in [5.41, 5.74) is 11.4. The lowest BCUT2D eigenvalue weighted by atomic mass is 9.96. The molecule has 1 aliphatic rings. The van der Waals surface area contributed by atoms with E-state index < -0.39 is 0 Å². The summed E-state index contributed by atoms with van der Waals surface area (Å²) in [5, 5.41) is 8.46. The molecule has 0 amide bonds. The summed E-state index contributed by atoms with van der Waals surface area (Å²) >= 11 is 0. The van der Waals surface area contributed by atoms with Crippen molar-refractivity contribution in [2.45, 2.75) is 25.3 Å². The fraction of sp³-hybridized carbons (Fsp3) is 0.250. The summed E-state index contributed by atoms with van der Waals surface area (Å²) in [4.78, 5) is 4.57. The molecule has 2 aromatic heterocycles. The largest absolute Gasteiger partial charge is 0.326 e. The minimum Gasteiger partial charge on any atom is -0.326 e. The maximum atomic E-state index is 5.63. The number of aromatic nitrogens is 3. The topological polar surface area (TPSA) is 67.6 Å². The van der Waals surface area contributed by atoms with Gasteiger partial charge in [0.25, 0.3) is 0 Å². The smallest absolute Gasteiger partial charge is 0.0705 e. The Morgan fingerprint density at radius 1 is 1.15 bits per heavy atom. The molecular formula is C16H16N4. The number of nitrogens with zero attached hydrogens (tertiary/aromatic N) is 2. The zero-order valence-electron chi connectivity index (χ0n) is 11.1. The number of aromatic amines is 1. The molecule has 4 nitrogen and oxygen atoms in total. The van der Waals surface area contributed by atoms with Crippen molar-refractivity contribution in [1.82, 2.24) is 15.2 Å². The van der Waals surface area contributed by atoms with Gasteiger partial charge in [-0.3, -0.25) is 10.1 Å². The number of rotatable bonds is 3. The van der Waals surface area contributed by atoms with Gasteiger partial charge in [-0.1, -0.05) is 12.1 Å². The van der Waals surface area contributed by atoms with Crippen LogP contribution in [0.25, 0.3) is 22.2 Å². The van der Waals surface area contributed by atoms with E-state index in [4.69, 9.17) is 5.73 Å². The standard InChI is InChI=1S/C16H16N4/c17-7-10-1-5-14(18-8-10)12-4-6-15-13(9-19-20-15)16(12)11-2-3-11/h1,4-6,8-9,11H,2-3,7,17H2,(H,19,20). The summed E-state index contributed by atoms with van der Waals surface area (Å²) in [5.74, 6) is 0.655. The monoisotopic (exact) mass is 264 g/mol. The molecule has 1 saturated carbocycles. The van der Waals surface area contributed by atoms with Gasteiger partial charge in [0, 0.05) is 23.7 Å². The number of H-pyrrole nitrogens is 1. The van der Waals surface area contributed by atoms with E-state index in [1.54, 1.807) is 0 Å². The van der Waals surface area contributed by atoms with E-state index in [1.165, 1.54) is 29.4 Å². The lowest BCUT2D eigenvalue weighted by Gasteiger charge is -2.10. The van der Waals surface area contributed by atoms with Crippen LogP contribution in [0.5, 0.6) is 0 Å². The molecule has 0 radical (unpaired) electrons. The molecule has 4 rings (SSSR count). The van der Waals surface area contributed by atoms with Gasteiger partial charge in [-0.15, -0.1) is 0 Å². The number of pyridine rings is 1. The van der Waals surface area contributed by atoms with Crippen LogP contribution in [0, 0.1) is 0 Å². The van der Waals surface area contributed by atoms with Gasteiger partial charge >= 0.3 is 0 Å². The highest BCUT2D eigenvalue weighted by Gasteiger charge is 2.29. The molecule has 0 bridgehead atoms. The van der Waals surface area contributed by atoms with Crippen LogP contribution in [-0.4, -0.2) is 15.2 Å². The number of nitrogens with two attached hydrogens (primary N) is 1. The molecular weight excluding hydrogens is 248 g/mol. The second-order valence-electron chi connectivity index (χ2n) is 5.39. The Morgan fingerprint density at radius 3 is 2.75 bits per heavy atom. The molecule has 100 valence electrons. The van der Waals surface area contributed by atoms with Gasteiger partial charge in [0.15, 0.2) is 0 Å². The minimum atomic E-state index is 0.531. The second kappa shape index (κ2) is 4.42. The predicted octanol–water partition coefficient (Wildman–Crippen LogP) is 2.96. The van der Waals surface area contributed by atoms with Gasteiger partial charge in [-0.05, 0) is 42.0 Å². The molecule has 1 aliphatic carbocycles. The quantitative estimate of drug-likeness (QED) is 0.764. The van der Waals surface area contributed by atoms with Gasteiger partial charge in [-0.25, -0.2) is 0 Å². The highest BCUT2D eigenvalue weighted by Crippen LogP contribution is 2.47. The summed E-state index contributed by atoms with van der Waals surface area (Å²) in [7, 11) is 0. The number of benzene rings is 1. The van der Waals surface area contributed by atoms with Gasteiger partial charge in [0.2, 0.25) is 0 Å². The summed E-state index contributed by atoms with van der Waals surface area (Å²) in [6.07, 6.45) is 6.32. The van der Waals surface area contributed by atoms with Gasteiger partial charge in [0.1, 0.15) is 0 Å². The molecule has 0 aliphatic heterocycles. The Hall–Kier alpha value is -2.20. The molecule has 20 heavy (non-hydrogen) atoms. The first-order chi connectivity index (χ1) is 9.86. The number of hydrogen-bond acceptors (Lipinski definition) is 3.